The molecule has 84 valence electrons. The van der Waals surface area contributed by atoms with E-state index < -0.39 is 0 Å². The highest BCUT2D eigenvalue weighted by molar-refractivity contribution is 7.98. The predicted octanol–water partition coefficient (Wildman–Crippen LogP) is 3.26. The van der Waals surface area contributed by atoms with Crippen molar-refractivity contribution in [3.8, 4) is 0 Å². The van der Waals surface area contributed by atoms with E-state index in [2.05, 4.69) is 22.2 Å². The van der Waals surface area contributed by atoms with Crippen molar-refractivity contribution in [2.24, 2.45) is 0 Å². The van der Waals surface area contributed by atoms with Crippen LogP contribution in [0.1, 0.15) is 11.8 Å². The van der Waals surface area contributed by atoms with E-state index in [0.29, 0.717) is 0 Å². The fourth-order valence-electron chi connectivity index (χ4n) is 1.20. The van der Waals surface area contributed by atoms with Crippen LogP contribution in [0.15, 0.2) is 35.6 Å². The van der Waals surface area contributed by atoms with Crippen molar-refractivity contribution in [2.45, 2.75) is 17.6 Å². The molecule has 2 aromatic heterocycles. The van der Waals surface area contributed by atoms with Crippen molar-refractivity contribution < 1.29 is 0 Å². The van der Waals surface area contributed by atoms with Crippen molar-refractivity contribution in [1.82, 2.24) is 9.97 Å². The van der Waals surface area contributed by atoms with Gasteiger partial charge in [0.2, 0.25) is 0 Å². The Morgan fingerprint density at radius 1 is 1.38 bits per heavy atom. The van der Waals surface area contributed by atoms with Crippen LogP contribution < -0.4 is 5.32 Å². The molecule has 0 fully saturated rings. The molecule has 0 radical (unpaired) electrons. The molecular weight excluding hydrogens is 238 g/mol. The molecule has 2 heterocycles. The minimum Gasteiger partial charge on any atom is -0.362 e. The first-order valence-corrected chi connectivity index (χ1v) is 6.90. The molecule has 0 spiro atoms. The second kappa shape index (κ2) is 5.86. The lowest BCUT2D eigenvalue weighted by Crippen LogP contribution is -1.94. The summed E-state index contributed by atoms with van der Waals surface area (Å²) in [4.78, 5) is 10.8. The number of nitrogens with one attached hydrogen (secondary N) is 1. The van der Waals surface area contributed by atoms with Gasteiger partial charge in [-0.1, -0.05) is 0 Å². The Hall–Kier alpha value is -1.07. The molecule has 0 bridgehead atoms. The number of hydrogen-bond acceptors (Lipinski definition) is 5. The van der Waals surface area contributed by atoms with Gasteiger partial charge in [0.15, 0.2) is 5.13 Å². The first-order chi connectivity index (χ1) is 7.88. The fourth-order valence-corrected chi connectivity index (χ4v) is 2.98. The maximum absolute atomic E-state index is 4.30. The number of thiazole rings is 1. The summed E-state index contributed by atoms with van der Waals surface area (Å²) >= 11 is 3.53. The van der Waals surface area contributed by atoms with Crippen LogP contribution in [-0.4, -0.2) is 16.5 Å². The van der Waals surface area contributed by atoms with Crippen LogP contribution >= 0.6 is 23.1 Å². The van der Waals surface area contributed by atoms with Gasteiger partial charge in [0.25, 0.3) is 0 Å². The highest BCUT2D eigenvalue weighted by atomic mass is 32.2. The lowest BCUT2D eigenvalue weighted by molar-refractivity contribution is 1.19. The zero-order chi connectivity index (χ0) is 11.2. The molecule has 2 rings (SSSR count). The summed E-state index contributed by atoms with van der Waals surface area (Å²) in [5.41, 5.74) is 0. The molecule has 0 aliphatic rings. The zero-order valence-corrected chi connectivity index (χ0v) is 10.6. The summed E-state index contributed by atoms with van der Waals surface area (Å²) in [6, 6.07) is 4.05. The van der Waals surface area contributed by atoms with E-state index in [-0.39, 0.29) is 0 Å². The molecule has 0 saturated carbocycles. The number of thioether (sulfide) groups is 1. The second-order valence-electron chi connectivity index (χ2n) is 3.13. The number of nitrogens with zero attached hydrogens (tertiary/aromatic N) is 2. The normalized spacial score (nSPS) is 10.3. The predicted molar refractivity (Wildman–Crippen MR) is 70.1 cm³/mol. The molecule has 3 nitrogen and oxygen atoms in total. The summed E-state index contributed by atoms with van der Waals surface area (Å²) in [5, 5.41) is 4.22. The van der Waals surface area contributed by atoms with E-state index in [1.807, 2.05) is 42.5 Å². The van der Waals surface area contributed by atoms with Crippen molar-refractivity contribution >= 4 is 28.2 Å². The van der Waals surface area contributed by atoms with E-state index in [9.17, 15) is 0 Å². The van der Waals surface area contributed by atoms with Crippen molar-refractivity contribution in [1.29, 1.82) is 0 Å². The number of pyridine rings is 1. The topological polar surface area (TPSA) is 37.8 Å². The minimum absolute atomic E-state index is 0.921. The van der Waals surface area contributed by atoms with Crippen LogP contribution in [0.5, 0.6) is 0 Å². The van der Waals surface area contributed by atoms with Gasteiger partial charge >= 0.3 is 0 Å². The Labute approximate surface area is 103 Å². The van der Waals surface area contributed by atoms with E-state index in [4.69, 9.17) is 0 Å². The van der Waals surface area contributed by atoms with Gasteiger partial charge < -0.3 is 5.32 Å². The standard InChI is InChI=1S/C11H13N3S2/c1-2-13-11-14-7-10(16-11)8-15-9-3-5-12-6-4-9/h3-7H,2,8H2,1H3,(H,13,14). The summed E-state index contributed by atoms with van der Waals surface area (Å²) in [5.74, 6) is 0.965. The number of rotatable bonds is 5. The van der Waals surface area contributed by atoms with E-state index in [1.165, 1.54) is 9.77 Å². The Balaban J connectivity index is 1.89. The Morgan fingerprint density at radius 2 is 2.19 bits per heavy atom. The van der Waals surface area contributed by atoms with Crippen LogP contribution in [0.4, 0.5) is 5.13 Å². The largest absolute Gasteiger partial charge is 0.362 e. The molecule has 16 heavy (non-hydrogen) atoms. The van der Waals surface area contributed by atoms with Gasteiger partial charge in [-0.25, -0.2) is 4.98 Å². The van der Waals surface area contributed by atoms with Crippen LogP contribution in [0.3, 0.4) is 0 Å². The maximum atomic E-state index is 4.30. The van der Waals surface area contributed by atoms with Gasteiger partial charge in [-0.2, -0.15) is 0 Å². The monoisotopic (exact) mass is 251 g/mol. The highest BCUT2D eigenvalue weighted by Crippen LogP contribution is 2.26. The zero-order valence-electron chi connectivity index (χ0n) is 9.01. The molecule has 2 aromatic rings. The second-order valence-corrected chi connectivity index (χ2v) is 5.30. The maximum Gasteiger partial charge on any atom is 0.182 e. The minimum atomic E-state index is 0.921. The van der Waals surface area contributed by atoms with Gasteiger partial charge in [-0.15, -0.1) is 23.1 Å². The molecule has 0 atom stereocenters. The van der Waals surface area contributed by atoms with Crippen LogP contribution in [0.2, 0.25) is 0 Å². The first-order valence-electron chi connectivity index (χ1n) is 5.10. The lowest BCUT2D eigenvalue weighted by Gasteiger charge is -1.97. The third-order valence-electron chi connectivity index (χ3n) is 1.91. The average Bonchev–Trinajstić information content (AvgIpc) is 2.76. The molecule has 0 saturated heterocycles. The molecule has 0 aromatic carbocycles. The number of anilines is 1. The van der Waals surface area contributed by atoms with Gasteiger partial charge in [0.05, 0.1) is 0 Å². The molecule has 1 N–H and O–H groups in total. The Kier molecular flexibility index (Phi) is 4.18. The molecule has 0 aliphatic heterocycles. The van der Waals surface area contributed by atoms with Crippen LogP contribution in [-0.2, 0) is 5.75 Å². The third-order valence-corrected chi connectivity index (χ3v) is 4.11. The summed E-state index contributed by atoms with van der Waals surface area (Å²) in [7, 11) is 0. The Morgan fingerprint density at radius 3 is 2.94 bits per heavy atom. The summed E-state index contributed by atoms with van der Waals surface area (Å²) in [6.45, 7) is 3.00. The lowest BCUT2D eigenvalue weighted by atomic mass is 10.5. The van der Waals surface area contributed by atoms with Crippen molar-refractivity contribution in [3.63, 3.8) is 0 Å². The average molecular weight is 251 g/mol. The van der Waals surface area contributed by atoms with Crippen LogP contribution in [0.25, 0.3) is 0 Å². The molecule has 0 aliphatic carbocycles. The number of hydrogen-bond donors (Lipinski definition) is 1. The van der Waals surface area contributed by atoms with Crippen LogP contribution in [0, 0.1) is 0 Å². The summed E-state index contributed by atoms with van der Waals surface area (Å²) < 4.78 is 0. The molecule has 0 amide bonds. The molecule has 0 unspecified atom stereocenters. The molecule has 5 heteroatoms. The quantitative estimate of drug-likeness (QED) is 0.828. The first kappa shape index (κ1) is 11.4. The van der Waals surface area contributed by atoms with E-state index in [1.54, 1.807) is 11.3 Å². The fraction of sp³-hybridized carbons (Fsp3) is 0.273. The van der Waals surface area contributed by atoms with Gasteiger partial charge in [0.1, 0.15) is 0 Å². The Bertz CT molecular complexity index is 428. The number of aromatic nitrogens is 2. The van der Waals surface area contributed by atoms with Crippen molar-refractivity contribution in [2.75, 3.05) is 11.9 Å². The third kappa shape index (κ3) is 3.21. The van der Waals surface area contributed by atoms with E-state index >= 15 is 0 Å². The van der Waals surface area contributed by atoms with E-state index in [0.717, 1.165) is 17.4 Å². The van der Waals surface area contributed by atoms with Gasteiger partial charge in [-0.05, 0) is 19.1 Å². The summed E-state index contributed by atoms with van der Waals surface area (Å²) in [6.07, 6.45) is 5.58. The van der Waals surface area contributed by atoms with Gasteiger partial charge in [0, 0.05) is 40.7 Å². The SMILES string of the molecule is CCNc1ncc(CSc2ccncc2)s1. The highest BCUT2D eigenvalue weighted by Gasteiger charge is 2.01. The smallest absolute Gasteiger partial charge is 0.182 e. The molecular formula is C11H13N3S2. The van der Waals surface area contributed by atoms with Gasteiger partial charge in [-0.3, -0.25) is 4.98 Å². The van der Waals surface area contributed by atoms with Crippen molar-refractivity contribution in [3.05, 3.63) is 35.6 Å².